The van der Waals surface area contributed by atoms with E-state index >= 15 is 0 Å². The molecule has 0 amide bonds. The summed E-state index contributed by atoms with van der Waals surface area (Å²) in [6.07, 6.45) is 1.40. The lowest BCUT2D eigenvalue weighted by Gasteiger charge is -2.17. The van der Waals surface area contributed by atoms with Gasteiger partial charge < -0.3 is 10.0 Å². The first-order valence-electron chi connectivity index (χ1n) is 6.91. The molecule has 0 saturated carbocycles. The molecule has 2 aromatic rings. The van der Waals surface area contributed by atoms with Crippen molar-refractivity contribution in [1.29, 1.82) is 0 Å². The minimum absolute atomic E-state index is 0.662. The van der Waals surface area contributed by atoms with Crippen LogP contribution in [0.15, 0.2) is 60.7 Å². The lowest BCUT2D eigenvalue weighted by Crippen LogP contribution is -2.12. The molecule has 0 saturated heterocycles. The van der Waals surface area contributed by atoms with Crippen LogP contribution in [0.1, 0.15) is 17.2 Å². The van der Waals surface area contributed by atoms with E-state index in [4.69, 9.17) is 11.6 Å². The highest BCUT2D eigenvalue weighted by Gasteiger charge is 2.15. The highest BCUT2D eigenvalue weighted by atomic mass is 35.5. The van der Waals surface area contributed by atoms with E-state index in [2.05, 4.69) is 11.0 Å². The van der Waals surface area contributed by atoms with Crippen molar-refractivity contribution in [2.24, 2.45) is 0 Å². The molecule has 0 aliphatic rings. The van der Waals surface area contributed by atoms with Gasteiger partial charge in [-0.05, 0) is 42.9 Å². The molecule has 3 heteroatoms. The van der Waals surface area contributed by atoms with Gasteiger partial charge in [-0.25, -0.2) is 0 Å². The lowest BCUT2D eigenvalue weighted by atomic mass is 9.95. The average Bonchev–Trinajstić information content (AvgIpc) is 2.49. The molecule has 2 aromatic carbocycles. The molecule has 110 valence electrons. The zero-order chi connectivity index (χ0) is 15.2. The normalized spacial score (nSPS) is 13.5. The van der Waals surface area contributed by atoms with Crippen molar-refractivity contribution in [3.63, 3.8) is 0 Å². The molecule has 2 rings (SSSR count). The van der Waals surface area contributed by atoms with Crippen molar-refractivity contribution in [2.45, 2.75) is 6.10 Å². The molecule has 0 radical (unpaired) electrons. The molecule has 0 aliphatic carbocycles. The van der Waals surface area contributed by atoms with Crippen LogP contribution in [0, 0.1) is 0 Å². The van der Waals surface area contributed by atoms with Gasteiger partial charge in [0.05, 0.1) is 0 Å². The number of hydrogen-bond donors (Lipinski definition) is 1. The Morgan fingerprint density at radius 1 is 1.10 bits per heavy atom. The Labute approximate surface area is 131 Å². The number of aliphatic hydroxyl groups excluding tert-OH is 1. The highest BCUT2D eigenvalue weighted by Crippen LogP contribution is 2.30. The zero-order valence-electron chi connectivity index (χ0n) is 12.3. The summed E-state index contributed by atoms with van der Waals surface area (Å²) in [5.74, 6) is 0. The predicted octanol–water partition coefficient (Wildman–Crippen LogP) is 4.02. The van der Waals surface area contributed by atoms with Gasteiger partial charge in [-0.15, -0.1) is 0 Å². The minimum Gasteiger partial charge on any atom is -0.384 e. The van der Waals surface area contributed by atoms with Gasteiger partial charge in [0.25, 0.3) is 0 Å². The van der Waals surface area contributed by atoms with Gasteiger partial charge in [0.15, 0.2) is 0 Å². The number of likely N-dealkylation sites (N-methyl/N-ethyl adjacent to an activating group) is 1. The summed E-state index contributed by atoms with van der Waals surface area (Å²) in [5.41, 5.74) is 2.78. The van der Waals surface area contributed by atoms with Gasteiger partial charge in [0.2, 0.25) is 0 Å². The third-order valence-electron chi connectivity index (χ3n) is 3.26. The summed E-state index contributed by atoms with van der Waals surface area (Å²) >= 11 is 5.91. The first-order valence-corrected chi connectivity index (χ1v) is 7.29. The van der Waals surface area contributed by atoms with Crippen molar-refractivity contribution < 1.29 is 5.11 Å². The molecule has 2 nitrogen and oxygen atoms in total. The molecule has 0 bridgehead atoms. The molecule has 0 heterocycles. The molecule has 0 aromatic heterocycles. The first kappa shape index (κ1) is 15.8. The Hall–Kier alpha value is -1.61. The van der Waals surface area contributed by atoms with Crippen LogP contribution < -0.4 is 0 Å². The van der Waals surface area contributed by atoms with Crippen molar-refractivity contribution in [3.05, 3.63) is 76.8 Å². The summed E-state index contributed by atoms with van der Waals surface area (Å²) in [4.78, 5) is 2.07. The number of rotatable bonds is 5. The molecule has 0 fully saturated rings. The highest BCUT2D eigenvalue weighted by molar-refractivity contribution is 6.30. The average molecular weight is 302 g/mol. The van der Waals surface area contributed by atoms with Gasteiger partial charge in [-0.2, -0.15) is 0 Å². The van der Waals surface area contributed by atoms with Gasteiger partial charge in [0, 0.05) is 11.6 Å². The largest absolute Gasteiger partial charge is 0.384 e. The Balaban J connectivity index is 2.35. The minimum atomic E-state index is -0.662. The van der Waals surface area contributed by atoms with E-state index in [9.17, 15) is 5.11 Å². The fourth-order valence-corrected chi connectivity index (χ4v) is 2.25. The third-order valence-corrected chi connectivity index (χ3v) is 3.52. The Kier molecular flexibility index (Phi) is 5.57. The van der Waals surface area contributed by atoms with E-state index in [-0.39, 0.29) is 0 Å². The van der Waals surface area contributed by atoms with E-state index in [1.54, 1.807) is 12.1 Å². The topological polar surface area (TPSA) is 23.5 Å². The molecule has 1 N–H and O–H groups in total. The maximum atomic E-state index is 10.7. The van der Waals surface area contributed by atoms with Crippen molar-refractivity contribution in [3.8, 4) is 0 Å². The second-order valence-electron chi connectivity index (χ2n) is 5.24. The van der Waals surface area contributed by atoms with E-state index in [1.807, 2.05) is 56.6 Å². The summed E-state index contributed by atoms with van der Waals surface area (Å²) in [7, 11) is 4.02. The van der Waals surface area contributed by atoms with Crippen LogP contribution in [0.4, 0.5) is 0 Å². The fourth-order valence-electron chi connectivity index (χ4n) is 2.12. The van der Waals surface area contributed by atoms with Crippen LogP contribution in [0.5, 0.6) is 0 Å². The molecule has 0 aliphatic heterocycles. The number of halogens is 1. The quantitative estimate of drug-likeness (QED) is 0.901. The van der Waals surface area contributed by atoms with E-state index < -0.39 is 6.10 Å². The molecular formula is C18H20ClNO. The number of aliphatic hydroxyl groups is 1. The number of nitrogens with zero attached hydrogens (tertiary/aromatic N) is 1. The second kappa shape index (κ2) is 7.41. The maximum absolute atomic E-state index is 10.7. The molecular weight excluding hydrogens is 282 g/mol. The van der Waals surface area contributed by atoms with Crippen LogP contribution >= 0.6 is 11.6 Å². The monoisotopic (exact) mass is 301 g/mol. The fraction of sp³-hybridized carbons (Fsp3) is 0.222. The summed E-state index contributed by atoms with van der Waals surface area (Å²) in [6.45, 7) is 0.773. The summed E-state index contributed by atoms with van der Waals surface area (Å²) in [6, 6.07) is 17.3. The SMILES string of the molecule is CN(C)C/C=C(\c1ccccc1)C(O)c1ccc(Cl)cc1. The van der Waals surface area contributed by atoms with Crippen molar-refractivity contribution >= 4 is 17.2 Å². The Morgan fingerprint density at radius 3 is 2.29 bits per heavy atom. The standard InChI is InChI=1S/C18H20ClNO/c1-20(2)13-12-17(14-6-4-3-5-7-14)18(21)15-8-10-16(19)11-9-15/h3-12,18,21H,13H2,1-2H3/b17-12+. The van der Waals surface area contributed by atoms with Crippen LogP contribution in [-0.2, 0) is 0 Å². The molecule has 21 heavy (non-hydrogen) atoms. The van der Waals surface area contributed by atoms with Gasteiger partial charge in [-0.3, -0.25) is 0 Å². The van der Waals surface area contributed by atoms with Crippen LogP contribution in [0.2, 0.25) is 5.02 Å². The van der Waals surface area contributed by atoms with Gasteiger partial charge >= 0.3 is 0 Å². The summed E-state index contributed by atoms with van der Waals surface area (Å²) in [5, 5.41) is 11.4. The van der Waals surface area contributed by atoms with Crippen molar-refractivity contribution in [1.82, 2.24) is 4.90 Å². The lowest BCUT2D eigenvalue weighted by molar-refractivity contribution is 0.237. The Morgan fingerprint density at radius 2 is 1.71 bits per heavy atom. The van der Waals surface area contributed by atoms with E-state index in [0.717, 1.165) is 23.2 Å². The predicted molar refractivity (Wildman–Crippen MR) is 89.4 cm³/mol. The van der Waals surface area contributed by atoms with Crippen molar-refractivity contribution in [2.75, 3.05) is 20.6 Å². The van der Waals surface area contributed by atoms with Gasteiger partial charge in [-0.1, -0.05) is 60.1 Å². The van der Waals surface area contributed by atoms with Gasteiger partial charge in [0.1, 0.15) is 6.10 Å². The maximum Gasteiger partial charge on any atom is 0.104 e. The number of benzene rings is 2. The van der Waals surface area contributed by atoms with Crippen LogP contribution in [0.3, 0.4) is 0 Å². The van der Waals surface area contributed by atoms with E-state index in [1.165, 1.54) is 0 Å². The van der Waals surface area contributed by atoms with Crippen LogP contribution in [0.25, 0.3) is 5.57 Å². The summed E-state index contributed by atoms with van der Waals surface area (Å²) < 4.78 is 0. The smallest absolute Gasteiger partial charge is 0.104 e. The number of hydrogen-bond acceptors (Lipinski definition) is 2. The Bertz CT molecular complexity index is 590. The molecule has 1 atom stereocenters. The molecule has 0 spiro atoms. The first-order chi connectivity index (χ1) is 10.1. The van der Waals surface area contributed by atoms with Crippen LogP contribution in [-0.4, -0.2) is 30.6 Å². The third kappa shape index (κ3) is 4.43. The molecule has 1 unspecified atom stereocenters. The zero-order valence-corrected chi connectivity index (χ0v) is 13.1. The second-order valence-corrected chi connectivity index (χ2v) is 5.68. The van der Waals surface area contributed by atoms with E-state index in [0.29, 0.717) is 5.02 Å².